The van der Waals surface area contributed by atoms with Crippen molar-refractivity contribution in [3.63, 3.8) is 0 Å². The Hall–Kier alpha value is -3.37. The van der Waals surface area contributed by atoms with Gasteiger partial charge in [-0.25, -0.2) is 9.79 Å². The fraction of sp³-hybridized carbons (Fsp3) is 0.219. The number of rotatable bonds is 9. The normalized spacial score (nSPS) is 14.7. The fourth-order valence-electron chi connectivity index (χ4n) is 4.71. The zero-order chi connectivity index (χ0) is 30.7. The summed E-state index contributed by atoms with van der Waals surface area (Å²) in [7, 11) is 0. The number of thiazole rings is 1. The molecule has 5 rings (SSSR count). The average Bonchev–Trinajstić information content (AvgIpc) is 3.28. The SMILES string of the molecule is CCOC(=O)C1=C(C)N=c2s/c(=C\c3cc(OCC)c(OCc4ccccc4Cl)cc3Br)c(=O)n2[C@H]1c1ccc(Cl)cc1. The number of aromatic nitrogens is 1. The number of hydrogen-bond donors (Lipinski definition) is 0. The lowest BCUT2D eigenvalue weighted by Gasteiger charge is -2.24. The second-order valence-electron chi connectivity index (χ2n) is 9.49. The van der Waals surface area contributed by atoms with Crippen LogP contribution in [0.5, 0.6) is 11.5 Å². The topological polar surface area (TPSA) is 79.1 Å². The van der Waals surface area contributed by atoms with Gasteiger partial charge < -0.3 is 14.2 Å². The molecule has 0 spiro atoms. The quantitative estimate of drug-likeness (QED) is 0.179. The van der Waals surface area contributed by atoms with Crippen LogP contribution in [0, 0.1) is 0 Å². The lowest BCUT2D eigenvalue weighted by molar-refractivity contribution is -0.139. The van der Waals surface area contributed by atoms with Gasteiger partial charge in [0, 0.05) is 20.1 Å². The van der Waals surface area contributed by atoms with E-state index in [4.69, 9.17) is 37.4 Å². The molecule has 1 aromatic heterocycles. The largest absolute Gasteiger partial charge is 0.490 e. The summed E-state index contributed by atoms with van der Waals surface area (Å²) in [4.78, 5) is 32.2. The number of fused-ring (bicyclic) bond motifs is 1. The van der Waals surface area contributed by atoms with Gasteiger partial charge >= 0.3 is 5.97 Å². The van der Waals surface area contributed by atoms with Crippen molar-refractivity contribution in [3.05, 3.63) is 123 Å². The van der Waals surface area contributed by atoms with E-state index in [0.717, 1.165) is 5.56 Å². The van der Waals surface area contributed by atoms with E-state index in [-0.39, 0.29) is 18.8 Å². The molecule has 0 saturated heterocycles. The van der Waals surface area contributed by atoms with Gasteiger partial charge in [-0.3, -0.25) is 9.36 Å². The first-order valence-electron chi connectivity index (χ1n) is 13.5. The van der Waals surface area contributed by atoms with Crippen LogP contribution in [0.4, 0.5) is 0 Å². The minimum absolute atomic E-state index is 0.196. The Kier molecular flexibility index (Phi) is 9.76. The molecule has 0 fully saturated rings. The zero-order valence-corrected chi connectivity index (χ0v) is 27.4. The van der Waals surface area contributed by atoms with E-state index in [1.807, 2.05) is 43.3 Å². The summed E-state index contributed by atoms with van der Waals surface area (Å²) in [6, 6.07) is 17.4. The maximum absolute atomic E-state index is 14.0. The van der Waals surface area contributed by atoms with Gasteiger partial charge in [0.05, 0.1) is 35.1 Å². The van der Waals surface area contributed by atoms with Gasteiger partial charge in [-0.05, 0) is 68.3 Å². The summed E-state index contributed by atoms with van der Waals surface area (Å²) in [5, 5.41) is 1.16. The smallest absolute Gasteiger partial charge is 0.338 e. The van der Waals surface area contributed by atoms with E-state index in [1.54, 1.807) is 44.2 Å². The van der Waals surface area contributed by atoms with Crippen LogP contribution in [0.1, 0.15) is 43.5 Å². The lowest BCUT2D eigenvalue weighted by atomic mass is 9.96. The second-order valence-corrected chi connectivity index (χ2v) is 12.2. The summed E-state index contributed by atoms with van der Waals surface area (Å²) in [5.74, 6) is 0.537. The molecule has 11 heteroatoms. The third kappa shape index (κ3) is 6.60. The molecule has 0 radical (unpaired) electrons. The average molecular weight is 702 g/mol. The molecule has 1 aliphatic heterocycles. The molecule has 2 heterocycles. The number of ether oxygens (including phenoxy) is 3. The summed E-state index contributed by atoms with van der Waals surface area (Å²) >= 11 is 17.3. The standard InChI is InChI=1S/C32H27BrCl2N2O5S/c1-4-40-25-14-21(23(33)16-26(25)42-17-20-8-6-7-9-24(20)35)15-27-30(38)37-29(19-10-12-22(34)13-11-19)28(31(39)41-5-2)18(3)36-32(37)43-27/h6-16,29H,4-5,17H2,1-3H3/b27-15-/t29-/m0/s1. The van der Waals surface area contributed by atoms with Crippen LogP contribution in [0.3, 0.4) is 0 Å². The zero-order valence-electron chi connectivity index (χ0n) is 23.5. The van der Waals surface area contributed by atoms with Gasteiger partial charge in [-0.15, -0.1) is 0 Å². The van der Waals surface area contributed by atoms with Crippen molar-refractivity contribution in [2.45, 2.75) is 33.4 Å². The maximum Gasteiger partial charge on any atom is 0.338 e. The van der Waals surface area contributed by atoms with Crippen LogP contribution in [-0.2, 0) is 16.1 Å². The van der Waals surface area contributed by atoms with Gasteiger partial charge in [-0.1, -0.05) is 80.8 Å². The van der Waals surface area contributed by atoms with E-state index in [9.17, 15) is 9.59 Å². The first-order chi connectivity index (χ1) is 20.7. The summed E-state index contributed by atoms with van der Waals surface area (Å²) in [6.07, 6.45) is 1.77. The molecular formula is C32H27BrCl2N2O5S. The van der Waals surface area contributed by atoms with Crippen LogP contribution < -0.4 is 24.4 Å². The van der Waals surface area contributed by atoms with E-state index in [0.29, 0.717) is 64.4 Å². The first kappa shape index (κ1) is 31.1. The van der Waals surface area contributed by atoms with Crippen LogP contribution in [0.25, 0.3) is 6.08 Å². The van der Waals surface area contributed by atoms with Gasteiger partial charge in [0.15, 0.2) is 16.3 Å². The van der Waals surface area contributed by atoms with Crippen LogP contribution in [-0.4, -0.2) is 23.8 Å². The molecule has 1 atom stereocenters. The highest BCUT2D eigenvalue weighted by atomic mass is 79.9. The van der Waals surface area contributed by atoms with E-state index >= 15 is 0 Å². The molecule has 0 aliphatic carbocycles. The molecule has 1 aliphatic rings. The maximum atomic E-state index is 14.0. The van der Waals surface area contributed by atoms with Crippen molar-refractivity contribution in [2.75, 3.05) is 13.2 Å². The van der Waals surface area contributed by atoms with E-state index < -0.39 is 12.0 Å². The molecule has 4 aromatic rings. The Balaban J connectivity index is 1.59. The Morgan fingerprint density at radius 2 is 1.77 bits per heavy atom. The Morgan fingerprint density at radius 3 is 2.47 bits per heavy atom. The molecule has 3 aromatic carbocycles. The van der Waals surface area contributed by atoms with E-state index in [2.05, 4.69) is 20.9 Å². The minimum atomic E-state index is -0.724. The molecule has 7 nitrogen and oxygen atoms in total. The Bertz CT molecular complexity index is 1900. The van der Waals surface area contributed by atoms with E-state index in [1.165, 1.54) is 15.9 Å². The van der Waals surface area contributed by atoms with Crippen molar-refractivity contribution in [1.29, 1.82) is 0 Å². The number of esters is 1. The number of allylic oxidation sites excluding steroid dienone is 1. The van der Waals surface area contributed by atoms with Crippen molar-refractivity contribution >= 4 is 62.5 Å². The number of hydrogen-bond acceptors (Lipinski definition) is 7. The summed E-state index contributed by atoms with van der Waals surface area (Å²) in [5.41, 5.74) is 2.79. The number of carbonyl (C=O) groups excluding carboxylic acids is 1. The van der Waals surface area contributed by atoms with Crippen molar-refractivity contribution in [1.82, 2.24) is 4.57 Å². The van der Waals surface area contributed by atoms with Crippen molar-refractivity contribution in [2.24, 2.45) is 4.99 Å². The molecular weight excluding hydrogens is 675 g/mol. The Labute approximate surface area is 270 Å². The third-order valence-electron chi connectivity index (χ3n) is 6.69. The number of benzene rings is 3. The Morgan fingerprint density at radius 1 is 1.05 bits per heavy atom. The predicted molar refractivity (Wildman–Crippen MR) is 173 cm³/mol. The molecule has 0 unspecified atom stereocenters. The minimum Gasteiger partial charge on any atom is -0.490 e. The van der Waals surface area contributed by atoms with Crippen LogP contribution >= 0.6 is 50.5 Å². The predicted octanol–water partition coefficient (Wildman–Crippen LogP) is 6.85. The number of nitrogens with zero attached hydrogens (tertiary/aromatic N) is 2. The third-order valence-corrected chi connectivity index (χ3v) is 8.98. The summed E-state index contributed by atoms with van der Waals surface area (Å²) in [6.45, 7) is 6.25. The highest BCUT2D eigenvalue weighted by Gasteiger charge is 2.33. The van der Waals surface area contributed by atoms with Gasteiger partial charge in [-0.2, -0.15) is 0 Å². The monoisotopic (exact) mass is 700 g/mol. The molecule has 0 amide bonds. The number of halogens is 3. The molecule has 0 N–H and O–H groups in total. The highest BCUT2D eigenvalue weighted by molar-refractivity contribution is 9.10. The molecule has 0 bridgehead atoms. The molecule has 43 heavy (non-hydrogen) atoms. The highest BCUT2D eigenvalue weighted by Crippen LogP contribution is 2.36. The lowest BCUT2D eigenvalue weighted by Crippen LogP contribution is -2.39. The molecule has 222 valence electrons. The van der Waals surface area contributed by atoms with Crippen molar-refractivity contribution in [3.8, 4) is 11.5 Å². The summed E-state index contributed by atoms with van der Waals surface area (Å²) < 4.78 is 20.0. The fourth-order valence-corrected chi connectivity index (χ4v) is 6.50. The van der Waals surface area contributed by atoms with Crippen LogP contribution in [0.15, 0.2) is 86.2 Å². The van der Waals surface area contributed by atoms with Gasteiger partial charge in [0.1, 0.15) is 6.61 Å². The second kappa shape index (κ2) is 13.5. The van der Waals surface area contributed by atoms with Gasteiger partial charge in [0.25, 0.3) is 5.56 Å². The van der Waals surface area contributed by atoms with Crippen LogP contribution in [0.2, 0.25) is 10.0 Å². The van der Waals surface area contributed by atoms with Crippen molar-refractivity contribution < 1.29 is 19.0 Å². The molecule has 0 saturated carbocycles. The number of carbonyl (C=O) groups is 1. The first-order valence-corrected chi connectivity index (χ1v) is 15.9. The van der Waals surface area contributed by atoms with Gasteiger partial charge in [0.2, 0.25) is 0 Å².